The van der Waals surface area contributed by atoms with Gasteiger partial charge in [0, 0.05) is 0 Å². The summed E-state index contributed by atoms with van der Waals surface area (Å²) in [5, 5.41) is 0. The molecule has 0 aliphatic heterocycles. The zero-order valence-electron chi connectivity index (χ0n) is 9.16. The van der Waals surface area contributed by atoms with Crippen molar-refractivity contribution in [2.75, 3.05) is 13.7 Å². The van der Waals surface area contributed by atoms with Gasteiger partial charge in [0.15, 0.2) is 5.96 Å². The van der Waals surface area contributed by atoms with Crippen LogP contribution < -0.4 is 11.5 Å². The van der Waals surface area contributed by atoms with Gasteiger partial charge in [-0.1, -0.05) is 19.3 Å². The average Bonchev–Trinajstić information content (AvgIpc) is 2.26. The number of hydrogen-bond donors (Lipinski definition) is 2. The molecule has 0 radical (unpaired) electrons. The number of rotatable bonds is 3. The Balaban J connectivity index is 2.75. The van der Waals surface area contributed by atoms with Crippen LogP contribution in [-0.2, 0) is 9.53 Å². The molecule has 1 rings (SSSR count). The number of nitrogens with zero attached hydrogens (tertiary/aromatic N) is 1. The first-order valence-corrected chi connectivity index (χ1v) is 5.24. The third kappa shape index (κ3) is 2.84. The molecule has 1 aliphatic rings. The third-order valence-electron chi connectivity index (χ3n) is 2.99. The lowest BCUT2D eigenvalue weighted by molar-refractivity contribution is -0.154. The molecule has 1 fully saturated rings. The molecule has 1 aliphatic carbocycles. The van der Waals surface area contributed by atoms with E-state index in [0.717, 1.165) is 25.7 Å². The summed E-state index contributed by atoms with van der Waals surface area (Å²) in [4.78, 5) is 15.7. The van der Waals surface area contributed by atoms with Crippen molar-refractivity contribution in [3.63, 3.8) is 0 Å². The molecule has 0 saturated heterocycles. The quantitative estimate of drug-likeness (QED) is 0.403. The van der Waals surface area contributed by atoms with Crippen LogP contribution in [0.3, 0.4) is 0 Å². The van der Waals surface area contributed by atoms with Crippen molar-refractivity contribution in [2.45, 2.75) is 32.1 Å². The van der Waals surface area contributed by atoms with Crippen LogP contribution in [0.5, 0.6) is 0 Å². The Morgan fingerprint density at radius 1 is 1.33 bits per heavy atom. The molecule has 0 aromatic carbocycles. The van der Waals surface area contributed by atoms with Crippen LogP contribution in [-0.4, -0.2) is 25.6 Å². The van der Waals surface area contributed by atoms with E-state index in [1.807, 2.05) is 0 Å². The van der Waals surface area contributed by atoms with Gasteiger partial charge < -0.3 is 16.2 Å². The van der Waals surface area contributed by atoms with Crippen LogP contribution in [0.25, 0.3) is 0 Å². The van der Waals surface area contributed by atoms with Crippen LogP contribution in [0, 0.1) is 5.41 Å². The number of ether oxygens (including phenoxy) is 1. The van der Waals surface area contributed by atoms with Crippen LogP contribution in [0.1, 0.15) is 32.1 Å². The topological polar surface area (TPSA) is 90.7 Å². The molecule has 0 amide bonds. The van der Waals surface area contributed by atoms with Crippen molar-refractivity contribution in [2.24, 2.45) is 21.9 Å². The molecule has 5 heteroatoms. The molecule has 86 valence electrons. The molecule has 0 bridgehead atoms. The van der Waals surface area contributed by atoms with E-state index < -0.39 is 5.41 Å². The van der Waals surface area contributed by atoms with Crippen molar-refractivity contribution in [1.29, 1.82) is 0 Å². The maximum absolute atomic E-state index is 11.7. The Kier molecular flexibility index (Phi) is 3.94. The minimum atomic E-state index is -0.489. The summed E-state index contributed by atoms with van der Waals surface area (Å²) in [5.74, 6) is -0.156. The molecule has 0 atom stereocenters. The van der Waals surface area contributed by atoms with Gasteiger partial charge in [0.1, 0.15) is 0 Å². The van der Waals surface area contributed by atoms with E-state index in [-0.39, 0.29) is 11.9 Å². The van der Waals surface area contributed by atoms with Gasteiger partial charge in [-0.3, -0.25) is 9.79 Å². The predicted molar refractivity (Wildman–Crippen MR) is 58.2 cm³/mol. The van der Waals surface area contributed by atoms with E-state index in [2.05, 4.69) is 4.99 Å². The summed E-state index contributed by atoms with van der Waals surface area (Å²) in [7, 11) is 1.41. The maximum Gasteiger partial charge on any atom is 0.313 e. The molecule has 0 spiro atoms. The van der Waals surface area contributed by atoms with Crippen LogP contribution in [0.2, 0.25) is 0 Å². The molecule has 0 aromatic heterocycles. The Labute approximate surface area is 89.9 Å². The second-order valence-electron chi connectivity index (χ2n) is 4.07. The van der Waals surface area contributed by atoms with Gasteiger partial charge in [-0.15, -0.1) is 0 Å². The van der Waals surface area contributed by atoms with E-state index in [9.17, 15) is 4.79 Å². The van der Waals surface area contributed by atoms with Gasteiger partial charge in [-0.2, -0.15) is 0 Å². The Bertz CT molecular complexity index is 253. The van der Waals surface area contributed by atoms with Crippen molar-refractivity contribution in [3.05, 3.63) is 0 Å². The lowest BCUT2D eigenvalue weighted by Gasteiger charge is -2.32. The van der Waals surface area contributed by atoms with Crippen LogP contribution >= 0.6 is 0 Å². The zero-order chi connectivity index (χ0) is 11.3. The van der Waals surface area contributed by atoms with Gasteiger partial charge >= 0.3 is 5.97 Å². The molecular weight excluding hydrogens is 194 g/mol. The first-order valence-electron chi connectivity index (χ1n) is 5.24. The van der Waals surface area contributed by atoms with E-state index in [1.54, 1.807) is 0 Å². The normalized spacial score (nSPS) is 19.3. The number of aliphatic imine (C=N–C) groups is 1. The number of nitrogens with two attached hydrogens (primary N) is 2. The first kappa shape index (κ1) is 11.8. The monoisotopic (exact) mass is 213 g/mol. The fraction of sp³-hybridized carbons (Fsp3) is 0.800. The molecule has 1 saturated carbocycles. The fourth-order valence-corrected chi connectivity index (χ4v) is 2.11. The summed E-state index contributed by atoms with van der Waals surface area (Å²) in [6, 6.07) is 0. The number of esters is 1. The van der Waals surface area contributed by atoms with E-state index >= 15 is 0 Å². The van der Waals surface area contributed by atoms with E-state index in [4.69, 9.17) is 16.2 Å². The molecule has 4 N–H and O–H groups in total. The summed E-state index contributed by atoms with van der Waals surface area (Å²) in [6.45, 7) is 0.349. The van der Waals surface area contributed by atoms with Crippen molar-refractivity contribution < 1.29 is 9.53 Å². The standard InChI is InChI=1S/C10H19N3O2/c1-15-8(14)10(7-13-9(11)12)5-3-2-4-6-10/h2-7H2,1H3,(H4,11,12,13). The number of carbonyl (C=O) groups excluding carboxylic acids is 1. The zero-order valence-corrected chi connectivity index (χ0v) is 9.16. The molecule has 15 heavy (non-hydrogen) atoms. The highest BCUT2D eigenvalue weighted by molar-refractivity contribution is 5.79. The largest absolute Gasteiger partial charge is 0.469 e. The second kappa shape index (κ2) is 5.00. The van der Waals surface area contributed by atoms with E-state index in [1.165, 1.54) is 13.5 Å². The molecular formula is C10H19N3O2. The SMILES string of the molecule is COC(=O)C1(CN=C(N)N)CCCCC1. The highest BCUT2D eigenvalue weighted by Gasteiger charge is 2.40. The Morgan fingerprint density at radius 2 is 1.93 bits per heavy atom. The number of carbonyl (C=O) groups is 1. The number of hydrogen-bond acceptors (Lipinski definition) is 3. The Hall–Kier alpha value is -1.26. The number of guanidine groups is 1. The fourth-order valence-electron chi connectivity index (χ4n) is 2.11. The minimum Gasteiger partial charge on any atom is -0.469 e. The second-order valence-corrected chi connectivity index (χ2v) is 4.07. The van der Waals surface area contributed by atoms with Gasteiger partial charge in [-0.25, -0.2) is 0 Å². The summed E-state index contributed by atoms with van der Waals surface area (Å²) < 4.78 is 4.84. The number of methoxy groups -OCH3 is 1. The summed E-state index contributed by atoms with van der Waals surface area (Å²) in [6.07, 6.45) is 4.87. The average molecular weight is 213 g/mol. The lowest BCUT2D eigenvalue weighted by Crippen LogP contribution is -2.38. The van der Waals surface area contributed by atoms with Crippen molar-refractivity contribution >= 4 is 11.9 Å². The molecule has 0 aromatic rings. The predicted octanol–water partition coefficient (Wildman–Crippen LogP) is 0.383. The van der Waals surface area contributed by atoms with Crippen LogP contribution in [0.4, 0.5) is 0 Å². The highest BCUT2D eigenvalue weighted by Crippen LogP contribution is 2.37. The molecule has 0 heterocycles. The third-order valence-corrected chi connectivity index (χ3v) is 2.99. The highest BCUT2D eigenvalue weighted by atomic mass is 16.5. The van der Waals surface area contributed by atoms with Gasteiger partial charge in [0.25, 0.3) is 0 Å². The summed E-state index contributed by atoms with van der Waals surface area (Å²) >= 11 is 0. The van der Waals surface area contributed by atoms with Crippen molar-refractivity contribution in [1.82, 2.24) is 0 Å². The van der Waals surface area contributed by atoms with E-state index in [0.29, 0.717) is 6.54 Å². The van der Waals surface area contributed by atoms with Gasteiger partial charge in [0.2, 0.25) is 0 Å². The van der Waals surface area contributed by atoms with Crippen LogP contribution in [0.15, 0.2) is 4.99 Å². The Morgan fingerprint density at radius 3 is 2.40 bits per heavy atom. The van der Waals surface area contributed by atoms with Gasteiger partial charge in [0.05, 0.1) is 19.1 Å². The molecule has 0 unspecified atom stereocenters. The smallest absolute Gasteiger partial charge is 0.313 e. The van der Waals surface area contributed by atoms with Crippen molar-refractivity contribution in [3.8, 4) is 0 Å². The van der Waals surface area contributed by atoms with Gasteiger partial charge in [-0.05, 0) is 12.8 Å². The minimum absolute atomic E-state index is 0.0313. The summed E-state index contributed by atoms with van der Waals surface area (Å²) in [5.41, 5.74) is 10.1. The maximum atomic E-state index is 11.7. The molecule has 5 nitrogen and oxygen atoms in total. The first-order chi connectivity index (χ1) is 7.10. The lowest BCUT2D eigenvalue weighted by atomic mass is 9.74.